The average molecular weight is 313 g/mol. The number of esters is 1. The van der Waals surface area contributed by atoms with E-state index in [0.29, 0.717) is 5.69 Å². The third kappa shape index (κ3) is 5.02. The second-order valence-corrected chi connectivity index (χ2v) is 6.32. The van der Waals surface area contributed by atoms with Crippen molar-refractivity contribution in [3.05, 3.63) is 28.8 Å². The van der Waals surface area contributed by atoms with Gasteiger partial charge in [0.25, 0.3) is 0 Å². The number of methoxy groups -OCH3 is 1. The van der Waals surface area contributed by atoms with Gasteiger partial charge in [-0.25, -0.2) is 4.79 Å². The van der Waals surface area contributed by atoms with Crippen LogP contribution in [-0.4, -0.2) is 25.0 Å². The number of halogens is 1. The number of hydrogen-bond donors (Lipinski definition) is 2. The lowest BCUT2D eigenvalue weighted by Crippen LogP contribution is -2.38. The van der Waals surface area contributed by atoms with Crippen LogP contribution in [0.5, 0.6) is 0 Å². The maximum absolute atomic E-state index is 12.0. The summed E-state index contributed by atoms with van der Waals surface area (Å²) < 4.78 is 4.63. The molecule has 0 aromatic heterocycles. The standard InChI is InChI=1S/C15H21ClN2O3/c1-15(2,3)12(17)8-13(19)18-9-5-6-11(16)10(7-9)14(20)21-4/h5-7,12H,8,17H2,1-4H3,(H,18,19). The summed E-state index contributed by atoms with van der Waals surface area (Å²) in [6, 6.07) is 4.38. The predicted octanol–water partition coefficient (Wildman–Crippen LogP) is 2.83. The Bertz CT molecular complexity index is 538. The Labute approximate surface area is 129 Å². The van der Waals surface area contributed by atoms with E-state index >= 15 is 0 Å². The average Bonchev–Trinajstić information content (AvgIpc) is 2.38. The number of carbonyl (C=O) groups is 2. The SMILES string of the molecule is COC(=O)c1cc(NC(=O)CC(N)C(C)(C)C)ccc1Cl. The maximum Gasteiger partial charge on any atom is 0.339 e. The number of nitrogens with two attached hydrogens (primary N) is 1. The van der Waals surface area contributed by atoms with Gasteiger partial charge in [-0.15, -0.1) is 0 Å². The first-order valence-electron chi connectivity index (χ1n) is 6.58. The summed E-state index contributed by atoms with van der Waals surface area (Å²) in [4.78, 5) is 23.5. The van der Waals surface area contributed by atoms with Gasteiger partial charge in [-0.1, -0.05) is 32.4 Å². The van der Waals surface area contributed by atoms with Crippen molar-refractivity contribution in [3.63, 3.8) is 0 Å². The molecule has 6 heteroatoms. The number of benzene rings is 1. The number of anilines is 1. The van der Waals surface area contributed by atoms with Crippen LogP contribution in [0.25, 0.3) is 0 Å². The molecule has 3 N–H and O–H groups in total. The Kier molecular flexibility index (Phi) is 5.75. The smallest absolute Gasteiger partial charge is 0.339 e. The number of amides is 1. The van der Waals surface area contributed by atoms with E-state index in [-0.39, 0.29) is 34.4 Å². The van der Waals surface area contributed by atoms with Crippen LogP contribution in [0.15, 0.2) is 18.2 Å². The van der Waals surface area contributed by atoms with Crippen molar-refractivity contribution in [2.45, 2.75) is 33.2 Å². The summed E-state index contributed by atoms with van der Waals surface area (Å²) in [5, 5.41) is 2.98. The minimum absolute atomic E-state index is 0.158. The van der Waals surface area contributed by atoms with Crippen LogP contribution >= 0.6 is 11.6 Å². The Hall–Kier alpha value is -1.59. The van der Waals surface area contributed by atoms with Gasteiger partial charge in [-0.3, -0.25) is 4.79 Å². The lowest BCUT2D eigenvalue weighted by atomic mass is 9.85. The van der Waals surface area contributed by atoms with Gasteiger partial charge in [0.2, 0.25) is 5.91 Å². The van der Waals surface area contributed by atoms with Crippen molar-refractivity contribution < 1.29 is 14.3 Å². The highest BCUT2D eigenvalue weighted by Gasteiger charge is 2.23. The number of ether oxygens (including phenoxy) is 1. The minimum atomic E-state index is -0.553. The van der Waals surface area contributed by atoms with Gasteiger partial charge < -0.3 is 15.8 Å². The molecule has 0 bridgehead atoms. The Morgan fingerprint density at radius 3 is 2.52 bits per heavy atom. The van der Waals surface area contributed by atoms with Crippen molar-refractivity contribution in [1.82, 2.24) is 0 Å². The fourth-order valence-corrected chi connectivity index (χ4v) is 1.78. The molecule has 0 radical (unpaired) electrons. The van der Waals surface area contributed by atoms with Gasteiger partial charge in [0.1, 0.15) is 0 Å². The van der Waals surface area contributed by atoms with E-state index in [1.165, 1.54) is 19.2 Å². The van der Waals surface area contributed by atoms with Gasteiger partial charge >= 0.3 is 5.97 Å². The number of carbonyl (C=O) groups excluding carboxylic acids is 2. The van der Waals surface area contributed by atoms with E-state index in [1.54, 1.807) is 6.07 Å². The Morgan fingerprint density at radius 2 is 2.00 bits per heavy atom. The highest BCUT2D eigenvalue weighted by molar-refractivity contribution is 6.33. The van der Waals surface area contributed by atoms with Crippen LogP contribution in [0.3, 0.4) is 0 Å². The third-order valence-electron chi connectivity index (χ3n) is 3.17. The van der Waals surface area contributed by atoms with Gasteiger partial charge in [0.05, 0.1) is 17.7 Å². The Balaban J connectivity index is 2.80. The molecule has 0 aliphatic carbocycles. The topological polar surface area (TPSA) is 81.4 Å². The van der Waals surface area contributed by atoms with Crippen molar-refractivity contribution >= 4 is 29.2 Å². The second kappa shape index (κ2) is 6.91. The van der Waals surface area contributed by atoms with Crippen LogP contribution in [0, 0.1) is 5.41 Å². The van der Waals surface area contributed by atoms with Crippen LogP contribution in [0.2, 0.25) is 5.02 Å². The quantitative estimate of drug-likeness (QED) is 0.838. The van der Waals surface area contributed by atoms with Crippen molar-refractivity contribution in [3.8, 4) is 0 Å². The maximum atomic E-state index is 12.0. The van der Waals surface area contributed by atoms with Crippen LogP contribution in [0.4, 0.5) is 5.69 Å². The zero-order valence-electron chi connectivity index (χ0n) is 12.7. The summed E-state index contributed by atoms with van der Waals surface area (Å²) in [7, 11) is 1.27. The van der Waals surface area contributed by atoms with E-state index < -0.39 is 5.97 Å². The summed E-state index contributed by atoms with van der Waals surface area (Å²) in [6.45, 7) is 5.92. The predicted molar refractivity (Wildman–Crippen MR) is 83.5 cm³/mol. The number of nitrogens with one attached hydrogen (secondary N) is 1. The van der Waals surface area contributed by atoms with E-state index in [2.05, 4.69) is 10.1 Å². The number of rotatable bonds is 4. The third-order valence-corrected chi connectivity index (χ3v) is 3.50. The molecule has 1 rings (SSSR count). The molecule has 0 fully saturated rings. The first kappa shape index (κ1) is 17.5. The summed E-state index contributed by atoms with van der Waals surface area (Å²) in [5.74, 6) is -0.766. The summed E-state index contributed by atoms with van der Waals surface area (Å²) in [6.07, 6.45) is 0.194. The minimum Gasteiger partial charge on any atom is -0.465 e. The van der Waals surface area contributed by atoms with Crippen LogP contribution < -0.4 is 11.1 Å². The molecule has 21 heavy (non-hydrogen) atoms. The van der Waals surface area contributed by atoms with Crippen molar-refractivity contribution in [1.29, 1.82) is 0 Å². The largest absolute Gasteiger partial charge is 0.465 e. The molecule has 0 aliphatic rings. The fourth-order valence-electron chi connectivity index (χ4n) is 1.59. The molecule has 1 unspecified atom stereocenters. The molecule has 1 aromatic carbocycles. The van der Waals surface area contributed by atoms with Crippen molar-refractivity contribution in [2.24, 2.45) is 11.1 Å². The lowest BCUT2D eigenvalue weighted by Gasteiger charge is -2.26. The molecule has 0 spiro atoms. The molecule has 1 atom stereocenters. The van der Waals surface area contributed by atoms with Gasteiger partial charge in [-0.05, 0) is 23.6 Å². The fraction of sp³-hybridized carbons (Fsp3) is 0.467. The molecular formula is C15H21ClN2O3. The van der Waals surface area contributed by atoms with E-state index in [1.807, 2.05) is 20.8 Å². The van der Waals surface area contributed by atoms with E-state index in [4.69, 9.17) is 17.3 Å². The molecule has 1 aromatic rings. The van der Waals surface area contributed by atoms with E-state index in [9.17, 15) is 9.59 Å². The molecular weight excluding hydrogens is 292 g/mol. The van der Waals surface area contributed by atoms with Crippen LogP contribution in [0.1, 0.15) is 37.6 Å². The first-order chi connectivity index (χ1) is 9.65. The Morgan fingerprint density at radius 1 is 1.38 bits per heavy atom. The zero-order chi connectivity index (χ0) is 16.2. The molecule has 0 heterocycles. The van der Waals surface area contributed by atoms with Gasteiger partial charge in [0.15, 0.2) is 0 Å². The molecule has 116 valence electrons. The monoisotopic (exact) mass is 312 g/mol. The summed E-state index contributed by atoms with van der Waals surface area (Å²) in [5.41, 5.74) is 6.50. The normalized spacial score (nSPS) is 12.7. The summed E-state index contributed by atoms with van der Waals surface area (Å²) >= 11 is 5.92. The first-order valence-corrected chi connectivity index (χ1v) is 6.96. The molecule has 0 saturated heterocycles. The van der Waals surface area contributed by atoms with E-state index in [0.717, 1.165) is 0 Å². The molecule has 0 saturated carbocycles. The molecule has 5 nitrogen and oxygen atoms in total. The highest BCUT2D eigenvalue weighted by atomic mass is 35.5. The van der Waals surface area contributed by atoms with Crippen LogP contribution in [-0.2, 0) is 9.53 Å². The van der Waals surface area contributed by atoms with Gasteiger partial charge in [0, 0.05) is 18.2 Å². The second-order valence-electron chi connectivity index (χ2n) is 5.91. The highest BCUT2D eigenvalue weighted by Crippen LogP contribution is 2.23. The zero-order valence-corrected chi connectivity index (χ0v) is 13.5. The lowest BCUT2D eigenvalue weighted by molar-refractivity contribution is -0.117. The molecule has 0 aliphatic heterocycles. The van der Waals surface area contributed by atoms with Gasteiger partial charge in [-0.2, -0.15) is 0 Å². The van der Waals surface area contributed by atoms with Crippen molar-refractivity contribution in [2.75, 3.05) is 12.4 Å². The molecule has 1 amide bonds. The number of hydrogen-bond acceptors (Lipinski definition) is 4.